The van der Waals surface area contributed by atoms with Crippen LogP contribution in [0.1, 0.15) is 15.9 Å². The van der Waals surface area contributed by atoms with Crippen LogP contribution in [0.15, 0.2) is 77.8 Å². The van der Waals surface area contributed by atoms with Gasteiger partial charge in [-0.05, 0) is 35.9 Å². The van der Waals surface area contributed by atoms with Crippen LogP contribution in [0.2, 0.25) is 0 Å². The quantitative estimate of drug-likeness (QED) is 0.371. The van der Waals surface area contributed by atoms with Crippen LogP contribution >= 0.6 is 0 Å². The molecule has 5 nitrogen and oxygen atoms in total. The first-order valence-electron chi connectivity index (χ1n) is 9.18. The second-order valence-corrected chi connectivity index (χ2v) is 6.46. The Morgan fingerprint density at radius 1 is 0.931 bits per heavy atom. The Hall–Kier alpha value is -3.86. The lowest BCUT2D eigenvalue weighted by Gasteiger charge is -2.02. The molecule has 3 aromatic carbocycles. The number of hydrogen-bond acceptors (Lipinski definition) is 4. The van der Waals surface area contributed by atoms with Crippen LogP contribution < -0.4 is 4.74 Å². The van der Waals surface area contributed by atoms with Gasteiger partial charge >= 0.3 is 5.97 Å². The molecule has 1 aromatic heterocycles. The number of carbonyl (C=O) groups is 1. The summed E-state index contributed by atoms with van der Waals surface area (Å²) >= 11 is 0. The van der Waals surface area contributed by atoms with E-state index in [0.717, 1.165) is 39.2 Å². The summed E-state index contributed by atoms with van der Waals surface area (Å²) in [6, 6.07) is 23.0. The van der Waals surface area contributed by atoms with Crippen molar-refractivity contribution in [3.05, 3.63) is 83.9 Å². The molecule has 0 bridgehead atoms. The number of benzene rings is 3. The van der Waals surface area contributed by atoms with Crippen molar-refractivity contribution in [2.75, 3.05) is 14.2 Å². The number of carbonyl (C=O) groups excluding carboxylic acids is 1. The average molecular weight is 384 g/mol. The summed E-state index contributed by atoms with van der Waals surface area (Å²) in [4.78, 5) is 19.7. The maximum absolute atomic E-state index is 11.6. The maximum Gasteiger partial charge on any atom is 0.337 e. The smallest absolute Gasteiger partial charge is 0.337 e. The lowest BCUT2D eigenvalue weighted by molar-refractivity contribution is 0.0601. The molecule has 0 unspecified atom stereocenters. The van der Waals surface area contributed by atoms with Crippen LogP contribution in [0.3, 0.4) is 0 Å². The van der Waals surface area contributed by atoms with Gasteiger partial charge in [0, 0.05) is 17.2 Å². The van der Waals surface area contributed by atoms with Crippen molar-refractivity contribution >= 4 is 28.8 Å². The van der Waals surface area contributed by atoms with Crippen molar-refractivity contribution in [1.29, 1.82) is 0 Å². The molecule has 1 heterocycles. The van der Waals surface area contributed by atoms with Gasteiger partial charge in [-0.2, -0.15) is 0 Å². The molecule has 5 heteroatoms. The minimum Gasteiger partial charge on any atom is -0.495 e. The molecular formula is C24H20N2O3. The van der Waals surface area contributed by atoms with Gasteiger partial charge < -0.3 is 14.5 Å². The molecule has 0 aliphatic rings. The number of aliphatic imine (C=N–C) groups is 1. The number of ether oxygens (including phenoxy) is 2. The van der Waals surface area contributed by atoms with Crippen molar-refractivity contribution in [2.24, 2.45) is 4.99 Å². The topological polar surface area (TPSA) is 63.7 Å². The number of rotatable bonds is 5. The van der Waals surface area contributed by atoms with Crippen molar-refractivity contribution in [1.82, 2.24) is 4.98 Å². The lowest BCUT2D eigenvalue weighted by Crippen LogP contribution is -1.99. The van der Waals surface area contributed by atoms with Crippen molar-refractivity contribution < 1.29 is 14.3 Å². The number of aromatic nitrogens is 1. The van der Waals surface area contributed by atoms with E-state index in [1.54, 1.807) is 31.4 Å². The Morgan fingerprint density at radius 2 is 1.69 bits per heavy atom. The monoisotopic (exact) mass is 384 g/mol. The largest absolute Gasteiger partial charge is 0.495 e. The summed E-state index contributed by atoms with van der Waals surface area (Å²) in [5, 5.41) is 1.03. The average Bonchev–Trinajstić information content (AvgIpc) is 3.16. The van der Waals surface area contributed by atoms with Gasteiger partial charge in [0.25, 0.3) is 0 Å². The van der Waals surface area contributed by atoms with E-state index < -0.39 is 0 Å². The number of fused-ring (bicyclic) bond motifs is 1. The van der Waals surface area contributed by atoms with Gasteiger partial charge in [0.15, 0.2) is 0 Å². The zero-order chi connectivity index (χ0) is 20.2. The Balaban J connectivity index is 1.80. The van der Waals surface area contributed by atoms with Crippen LogP contribution in [0, 0.1) is 0 Å². The minimum absolute atomic E-state index is 0.365. The van der Waals surface area contributed by atoms with Gasteiger partial charge in [0.2, 0.25) is 0 Å². The molecule has 4 rings (SSSR count). The molecule has 0 aliphatic carbocycles. The third-order valence-electron chi connectivity index (χ3n) is 4.75. The molecule has 29 heavy (non-hydrogen) atoms. The minimum atomic E-state index is -0.365. The molecule has 0 amide bonds. The summed E-state index contributed by atoms with van der Waals surface area (Å²) in [7, 11) is 3.03. The van der Waals surface area contributed by atoms with E-state index in [9.17, 15) is 4.79 Å². The third-order valence-corrected chi connectivity index (χ3v) is 4.75. The highest BCUT2D eigenvalue weighted by molar-refractivity contribution is 6.08. The number of hydrogen-bond donors (Lipinski definition) is 1. The summed E-state index contributed by atoms with van der Waals surface area (Å²) in [6.07, 6.45) is 1.84. The van der Waals surface area contributed by atoms with Gasteiger partial charge in [-0.25, -0.2) is 4.79 Å². The molecule has 0 fully saturated rings. The summed E-state index contributed by atoms with van der Waals surface area (Å²) in [5.74, 6) is 0.414. The Labute approximate surface area is 168 Å². The molecule has 0 radical (unpaired) electrons. The summed E-state index contributed by atoms with van der Waals surface area (Å²) in [5.41, 5.74) is 5.17. The van der Waals surface area contributed by atoms with Crippen LogP contribution in [-0.2, 0) is 4.74 Å². The Morgan fingerprint density at radius 3 is 2.38 bits per heavy atom. The van der Waals surface area contributed by atoms with E-state index in [-0.39, 0.29) is 5.97 Å². The molecule has 144 valence electrons. The van der Waals surface area contributed by atoms with Gasteiger partial charge in [0.05, 0.1) is 36.7 Å². The van der Waals surface area contributed by atoms with Gasteiger partial charge in [0.1, 0.15) is 5.75 Å². The molecule has 0 atom stereocenters. The van der Waals surface area contributed by atoms with Crippen LogP contribution in [-0.4, -0.2) is 31.4 Å². The summed E-state index contributed by atoms with van der Waals surface area (Å²) < 4.78 is 10.3. The molecule has 0 aliphatic heterocycles. The van der Waals surface area contributed by atoms with Crippen molar-refractivity contribution in [3.63, 3.8) is 0 Å². The predicted molar refractivity (Wildman–Crippen MR) is 115 cm³/mol. The molecule has 0 spiro atoms. The van der Waals surface area contributed by atoms with E-state index in [0.29, 0.717) is 5.56 Å². The van der Waals surface area contributed by atoms with Crippen LogP contribution in [0.4, 0.5) is 5.69 Å². The van der Waals surface area contributed by atoms with Gasteiger partial charge in [-0.1, -0.05) is 42.5 Å². The number of methoxy groups -OCH3 is 2. The SMILES string of the molecule is COC(=O)c1ccc(N=Cc2c(-c3ccccc3)[nH]c3c(OC)cccc23)cc1. The first-order chi connectivity index (χ1) is 14.2. The number of esters is 1. The van der Waals surface area contributed by atoms with E-state index in [1.165, 1.54) is 7.11 Å². The highest BCUT2D eigenvalue weighted by atomic mass is 16.5. The van der Waals surface area contributed by atoms with E-state index >= 15 is 0 Å². The molecule has 4 aromatic rings. The van der Waals surface area contributed by atoms with Gasteiger partial charge in [-0.3, -0.25) is 4.99 Å². The fraction of sp³-hybridized carbons (Fsp3) is 0.0833. The van der Waals surface area contributed by atoms with Gasteiger partial charge in [-0.15, -0.1) is 0 Å². The zero-order valence-corrected chi connectivity index (χ0v) is 16.2. The van der Waals surface area contributed by atoms with E-state index in [1.807, 2.05) is 42.6 Å². The zero-order valence-electron chi connectivity index (χ0n) is 16.2. The fourth-order valence-electron chi connectivity index (χ4n) is 3.29. The predicted octanol–water partition coefficient (Wildman–Crippen LogP) is 5.38. The van der Waals surface area contributed by atoms with Crippen molar-refractivity contribution in [2.45, 2.75) is 0 Å². The lowest BCUT2D eigenvalue weighted by atomic mass is 10.1. The standard InChI is InChI=1S/C24H20N2O3/c1-28-21-10-6-9-19-20(22(26-23(19)21)16-7-4-3-5-8-16)15-25-18-13-11-17(12-14-18)24(27)29-2/h3-15,26H,1-2H3. The second-order valence-electron chi connectivity index (χ2n) is 6.46. The molecule has 0 saturated heterocycles. The fourth-order valence-corrected chi connectivity index (χ4v) is 3.29. The Bertz CT molecular complexity index is 1180. The molecular weight excluding hydrogens is 364 g/mol. The number of nitrogens with one attached hydrogen (secondary N) is 1. The van der Waals surface area contributed by atoms with Crippen molar-refractivity contribution in [3.8, 4) is 17.0 Å². The number of aromatic amines is 1. The summed E-state index contributed by atoms with van der Waals surface area (Å²) in [6.45, 7) is 0. The normalized spacial score (nSPS) is 11.1. The molecule has 0 saturated carbocycles. The number of para-hydroxylation sites is 1. The number of H-pyrrole nitrogens is 1. The second kappa shape index (κ2) is 8.02. The van der Waals surface area contributed by atoms with E-state index in [2.05, 4.69) is 22.1 Å². The Kier molecular flexibility index (Phi) is 5.12. The first-order valence-corrected chi connectivity index (χ1v) is 9.18. The highest BCUT2D eigenvalue weighted by Crippen LogP contribution is 2.34. The first kappa shape index (κ1) is 18.5. The van der Waals surface area contributed by atoms with Crippen LogP contribution in [0.5, 0.6) is 5.75 Å². The third kappa shape index (κ3) is 3.62. The highest BCUT2D eigenvalue weighted by Gasteiger charge is 2.14. The molecule has 1 N–H and O–H groups in total. The maximum atomic E-state index is 11.6. The van der Waals surface area contributed by atoms with Crippen LogP contribution in [0.25, 0.3) is 22.2 Å². The number of nitrogens with zero attached hydrogens (tertiary/aromatic N) is 1. The van der Waals surface area contributed by atoms with E-state index in [4.69, 9.17) is 9.47 Å².